The predicted molar refractivity (Wildman–Crippen MR) is 85.8 cm³/mol. The zero-order chi connectivity index (χ0) is 15.6. The number of carbonyl (C=O) groups is 2. The minimum atomic E-state index is -0.353. The van der Waals surface area contributed by atoms with E-state index >= 15 is 0 Å². The first-order valence-electron chi connectivity index (χ1n) is 6.93. The number of rotatable bonds is 5. The topological polar surface area (TPSA) is 48.3 Å². The summed E-state index contributed by atoms with van der Waals surface area (Å²) in [7, 11) is 0. The number of aromatic nitrogens is 1. The Morgan fingerprint density at radius 3 is 2.71 bits per heavy atom. The van der Waals surface area contributed by atoms with E-state index in [9.17, 15) is 9.59 Å². The molecule has 0 N–H and O–H groups in total. The number of esters is 1. The third kappa shape index (κ3) is 3.02. The van der Waals surface area contributed by atoms with Crippen LogP contribution in [0.25, 0.3) is 10.9 Å². The Kier molecular flexibility index (Phi) is 4.83. The quantitative estimate of drug-likeness (QED) is 0.603. The average Bonchev–Trinajstić information content (AvgIpc) is 2.71. The molecule has 0 radical (unpaired) electrons. The van der Waals surface area contributed by atoms with Gasteiger partial charge in [-0.25, -0.2) is 4.79 Å². The fourth-order valence-electron chi connectivity index (χ4n) is 2.36. The van der Waals surface area contributed by atoms with Gasteiger partial charge in [0, 0.05) is 23.0 Å². The van der Waals surface area contributed by atoms with Gasteiger partial charge in [-0.15, -0.1) is 0 Å². The molecule has 5 heteroatoms. The molecule has 0 unspecified atom stereocenters. The zero-order valence-corrected chi connectivity index (χ0v) is 13.9. The maximum atomic E-state index is 12.2. The highest BCUT2D eigenvalue weighted by molar-refractivity contribution is 9.10. The van der Waals surface area contributed by atoms with Crippen molar-refractivity contribution in [3.05, 3.63) is 33.9 Å². The van der Waals surface area contributed by atoms with Crippen LogP contribution in [0.4, 0.5) is 0 Å². The van der Waals surface area contributed by atoms with Crippen molar-refractivity contribution < 1.29 is 14.3 Å². The van der Waals surface area contributed by atoms with Crippen LogP contribution >= 0.6 is 15.9 Å². The highest BCUT2D eigenvalue weighted by Gasteiger charge is 2.23. The second-order valence-corrected chi connectivity index (χ2v) is 6.07. The molecule has 1 heterocycles. The monoisotopic (exact) mass is 351 g/mol. The maximum absolute atomic E-state index is 12.2. The first-order valence-corrected chi connectivity index (χ1v) is 7.72. The fourth-order valence-corrected chi connectivity index (χ4v) is 3.05. The van der Waals surface area contributed by atoms with Crippen molar-refractivity contribution in [2.75, 3.05) is 6.61 Å². The van der Waals surface area contributed by atoms with E-state index in [1.165, 1.54) is 0 Å². The summed E-state index contributed by atoms with van der Waals surface area (Å²) in [5.74, 6) is 0.0281. The molecule has 1 aromatic carbocycles. The molecule has 2 rings (SSSR count). The Bertz CT molecular complexity index is 688. The Balaban J connectivity index is 2.71. The van der Waals surface area contributed by atoms with Gasteiger partial charge in [-0.3, -0.25) is 4.79 Å². The SMILES string of the molecule is CCOC(=O)c1c(Br)c2cc(C=O)ccc2n1CC(C)C. The summed E-state index contributed by atoms with van der Waals surface area (Å²) in [4.78, 5) is 23.2. The fraction of sp³-hybridized carbons (Fsp3) is 0.375. The van der Waals surface area contributed by atoms with Gasteiger partial charge in [-0.2, -0.15) is 0 Å². The van der Waals surface area contributed by atoms with Gasteiger partial charge in [0.1, 0.15) is 12.0 Å². The van der Waals surface area contributed by atoms with Crippen molar-refractivity contribution in [2.45, 2.75) is 27.3 Å². The van der Waals surface area contributed by atoms with Gasteiger partial charge >= 0.3 is 5.97 Å². The van der Waals surface area contributed by atoms with Crippen LogP contribution in [0.3, 0.4) is 0 Å². The molecule has 1 aromatic heterocycles. The summed E-state index contributed by atoms with van der Waals surface area (Å²) < 4.78 is 7.79. The van der Waals surface area contributed by atoms with E-state index in [1.807, 2.05) is 10.6 Å². The largest absolute Gasteiger partial charge is 0.461 e. The third-order valence-corrected chi connectivity index (χ3v) is 3.98. The second kappa shape index (κ2) is 6.43. The summed E-state index contributed by atoms with van der Waals surface area (Å²) in [6.45, 7) is 7.00. The lowest BCUT2D eigenvalue weighted by Gasteiger charge is -2.12. The van der Waals surface area contributed by atoms with E-state index in [2.05, 4.69) is 29.8 Å². The number of carbonyl (C=O) groups excluding carboxylic acids is 2. The lowest BCUT2D eigenvalue weighted by molar-refractivity contribution is 0.0512. The lowest BCUT2D eigenvalue weighted by Crippen LogP contribution is -2.15. The van der Waals surface area contributed by atoms with E-state index < -0.39 is 0 Å². The molecule has 0 saturated heterocycles. The lowest BCUT2D eigenvalue weighted by atomic mass is 10.1. The van der Waals surface area contributed by atoms with Crippen LogP contribution in [0.15, 0.2) is 22.7 Å². The van der Waals surface area contributed by atoms with Gasteiger partial charge in [0.05, 0.1) is 11.1 Å². The van der Waals surface area contributed by atoms with E-state index in [4.69, 9.17) is 4.74 Å². The zero-order valence-electron chi connectivity index (χ0n) is 12.4. The normalized spacial score (nSPS) is 11.1. The summed E-state index contributed by atoms with van der Waals surface area (Å²) in [5, 5.41) is 0.850. The van der Waals surface area contributed by atoms with Gasteiger partial charge in [0.25, 0.3) is 0 Å². The average molecular weight is 352 g/mol. The molecule has 112 valence electrons. The van der Waals surface area contributed by atoms with E-state index in [1.54, 1.807) is 19.1 Å². The molecule has 0 bridgehead atoms. The molecule has 21 heavy (non-hydrogen) atoms. The maximum Gasteiger partial charge on any atom is 0.356 e. The summed E-state index contributed by atoms with van der Waals surface area (Å²) in [6.07, 6.45) is 0.801. The van der Waals surface area contributed by atoms with Crippen molar-refractivity contribution in [3.63, 3.8) is 0 Å². The van der Waals surface area contributed by atoms with Gasteiger partial charge in [-0.1, -0.05) is 13.8 Å². The van der Waals surface area contributed by atoms with Crippen molar-refractivity contribution in [1.29, 1.82) is 0 Å². The van der Waals surface area contributed by atoms with Gasteiger partial charge in [0.15, 0.2) is 0 Å². The first-order chi connectivity index (χ1) is 9.99. The van der Waals surface area contributed by atoms with E-state index in [0.717, 1.165) is 17.2 Å². The van der Waals surface area contributed by atoms with Crippen LogP contribution in [0.2, 0.25) is 0 Å². The number of aldehydes is 1. The molecule has 0 fully saturated rings. The van der Waals surface area contributed by atoms with Crippen molar-refractivity contribution in [2.24, 2.45) is 5.92 Å². The van der Waals surface area contributed by atoms with Gasteiger partial charge in [0.2, 0.25) is 0 Å². The van der Waals surface area contributed by atoms with Gasteiger partial charge < -0.3 is 9.30 Å². The summed E-state index contributed by atoms with van der Waals surface area (Å²) in [6, 6.07) is 5.41. The van der Waals surface area contributed by atoms with Crippen LogP contribution in [0.1, 0.15) is 41.6 Å². The Morgan fingerprint density at radius 2 is 2.14 bits per heavy atom. The standard InChI is InChI=1S/C16H18BrNO3/c1-4-21-16(20)15-14(17)12-7-11(9-19)5-6-13(12)18(15)8-10(2)3/h5-7,9-10H,4,8H2,1-3H3. The van der Waals surface area contributed by atoms with Crippen molar-refractivity contribution >= 4 is 39.1 Å². The molecule has 4 nitrogen and oxygen atoms in total. The minimum absolute atomic E-state index is 0.327. The molecule has 0 aliphatic heterocycles. The molecule has 2 aromatic rings. The molecular weight excluding hydrogens is 334 g/mol. The van der Waals surface area contributed by atoms with Crippen LogP contribution in [0.5, 0.6) is 0 Å². The number of benzene rings is 1. The third-order valence-electron chi connectivity index (χ3n) is 3.18. The molecule has 0 saturated carbocycles. The molecule has 0 atom stereocenters. The van der Waals surface area contributed by atoms with Crippen LogP contribution in [-0.4, -0.2) is 23.4 Å². The first kappa shape index (κ1) is 15.8. The highest BCUT2D eigenvalue weighted by Crippen LogP contribution is 2.33. The number of nitrogens with zero attached hydrogens (tertiary/aromatic N) is 1. The summed E-state index contributed by atoms with van der Waals surface area (Å²) >= 11 is 3.49. The van der Waals surface area contributed by atoms with Crippen molar-refractivity contribution in [1.82, 2.24) is 4.57 Å². The number of halogens is 1. The number of hydrogen-bond donors (Lipinski definition) is 0. The molecular formula is C16H18BrNO3. The highest BCUT2D eigenvalue weighted by atomic mass is 79.9. The number of hydrogen-bond acceptors (Lipinski definition) is 3. The Labute approximate surface area is 132 Å². The van der Waals surface area contributed by atoms with Gasteiger partial charge in [-0.05, 0) is 47.0 Å². The predicted octanol–water partition coefficient (Wildman–Crippen LogP) is 4.05. The Hall–Kier alpha value is -1.62. The van der Waals surface area contributed by atoms with E-state index in [0.29, 0.717) is 34.8 Å². The number of fused-ring (bicyclic) bond motifs is 1. The molecule has 0 aliphatic carbocycles. The van der Waals surface area contributed by atoms with Crippen LogP contribution < -0.4 is 0 Å². The number of ether oxygens (including phenoxy) is 1. The minimum Gasteiger partial charge on any atom is -0.461 e. The summed E-state index contributed by atoms with van der Waals surface area (Å²) in [5.41, 5.74) is 2.01. The molecule has 0 aliphatic rings. The van der Waals surface area contributed by atoms with E-state index in [-0.39, 0.29) is 5.97 Å². The molecule has 0 amide bonds. The van der Waals surface area contributed by atoms with Crippen LogP contribution in [-0.2, 0) is 11.3 Å². The van der Waals surface area contributed by atoms with Crippen molar-refractivity contribution in [3.8, 4) is 0 Å². The van der Waals surface area contributed by atoms with Crippen LogP contribution in [0, 0.1) is 5.92 Å². The molecule has 0 spiro atoms. The second-order valence-electron chi connectivity index (χ2n) is 5.28. The smallest absolute Gasteiger partial charge is 0.356 e. The Morgan fingerprint density at radius 1 is 1.43 bits per heavy atom.